The monoisotopic (exact) mass is 489 g/mol. The smallest absolute Gasteiger partial charge is 0.300 e. The molecule has 28 heavy (non-hydrogen) atoms. The zero-order valence-corrected chi connectivity index (χ0v) is 17.5. The van der Waals surface area contributed by atoms with Gasteiger partial charge in [-0.25, -0.2) is 8.42 Å². The number of anilines is 1. The second-order valence-electron chi connectivity index (χ2n) is 5.24. The molecule has 0 spiro atoms. The zero-order valence-electron chi connectivity index (χ0n) is 14.3. The lowest BCUT2D eigenvalue weighted by molar-refractivity contribution is -0.134. The van der Waals surface area contributed by atoms with Gasteiger partial charge in [-0.1, -0.05) is 15.9 Å². The summed E-state index contributed by atoms with van der Waals surface area (Å²) in [4.78, 5) is 36.9. The van der Waals surface area contributed by atoms with E-state index in [0.717, 1.165) is 19.2 Å². The van der Waals surface area contributed by atoms with Gasteiger partial charge in [-0.2, -0.15) is 9.36 Å². The van der Waals surface area contributed by atoms with Gasteiger partial charge in [0.05, 0.1) is 5.39 Å². The van der Waals surface area contributed by atoms with Crippen molar-refractivity contribution in [1.82, 2.24) is 9.36 Å². The Balaban J connectivity index is 0.000000640. The quantitative estimate of drug-likeness (QED) is 0.562. The highest BCUT2D eigenvalue weighted by Gasteiger charge is 2.18. The van der Waals surface area contributed by atoms with E-state index < -0.39 is 21.7 Å². The predicted octanol–water partition coefficient (Wildman–Crippen LogP) is 2.15. The van der Waals surface area contributed by atoms with E-state index in [0.29, 0.717) is 21.4 Å². The molecule has 0 bridgehead atoms. The molecular formula is C15H12BrN3O7S2. The zero-order chi connectivity index (χ0) is 21.1. The molecule has 0 aliphatic carbocycles. The van der Waals surface area contributed by atoms with Crippen molar-refractivity contribution in [3.8, 4) is 0 Å². The van der Waals surface area contributed by atoms with Gasteiger partial charge in [0.2, 0.25) is 15.0 Å². The van der Waals surface area contributed by atoms with Crippen LogP contribution in [0.1, 0.15) is 17.5 Å². The minimum atomic E-state index is -3.56. The summed E-state index contributed by atoms with van der Waals surface area (Å²) in [7, 11) is -3.56. The maximum atomic E-state index is 12.2. The van der Waals surface area contributed by atoms with E-state index >= 15 is 0 Å². The van der Waals surface area contributed by atoms with E-state index in [4.69, 9.17) is 14.3 Å². The summed E-state index contributed by atoms with van der Waals surface area (Å²) in [5, 5.41) is 9.71. The Morgan fingerprint density at radius 2 is 1.93 bits per heavy atom. The summed E-state index contributed by atoms with van der Waals surface area (Å²) in [6.07, 6.45) is 0.959. The average Bonchev–Trinajstić information content (AvgIpc) is 3.02. The highest BCUT2D eigenvalue weighted by molar-refractivity contribution is 9.10. The van der Waals surface area contributed by atoms with E-state index in [1.54, 1.807) is 18.2 Å². The summed E-state index contributed by atoms with van der Waals surface area (Å²) in [6.45, 7) is 1.08. The Morgan fingerprint density at radius 1 is 1.29 bits per heavy atom. The molecule has 13 heteroatoms. The SMILES string of the molecule is CC(=O)O.CS(=O)(=O)c1nsc(NC(=O)c2cc(=O)c3ccc(Br)cc3o2)n1. The second kappa shape index (κ2) is 8.58. The lowest BCUT2D eigenvalue weighted by atomic mass is 10.2. The number of benzene rings is 1. The molecule has 0 saturated carbocycles. The van der Waals surface area contributed by atoms with Crippen molar-refractivity contribution in [3.63, 3.8) is 0 Å². The maximum Gasteiger partial charge on any atom is 0.300 e. The molecule has 0 atom stereocenters. The fourth-order valence-corrected chi connectivity index (χ4v) is 3.59. The topological polar surface area (TPSA) is 157 Å². The van der Waals surface area contributed by atoms with Gasteiger partial charge in [0.1, 0.15) is 5.58 Å². The van der Waals surface area contributed by atoms with Gasteiger partial charge in [0.15, 0.2) is 11.2 Å². The molecule has 0 radical (unpaired) electrons. The molecule has 2 aromatic heterocycles. The summed E-state index contributed by atoms with van der Waals surface area (Å²) < 4.78 is 32.4. The van der Waals surface area contributed by atoms with Crippen LogP contribution in [0.15, 0.2) is 43.1 Å². The maximum absolute atomic E-state index is 12.2. The molecule has 1 amide bonds. The van der Waals surface area contributed by atoms with Crippen LogP contribution < -0.4 is 10.7 Å². The average molecular weight is 490 g/mol. The molecular weight excluding hydrogens is 478 g/mol. The fraction of sp³-hybridized carbons (Fsp3) is 0.133. The van der Waals surface area contributed by atoms with E-state index in [-0.39, 0.29) is 27.1 Å². The molecule has 0 unspecified atom stereocenters. The number of halogens is 1. The number of aromatic nitrogens is 2. The van der Waals surface area contributed by atoms with Crippen LogP contribution in [0, 0.1) is 0 Å². The van der Waals surface area contributed by atoms with Crippen LogP contribution >= 0.6 is 27.5 Å². The van der Waals surface area contributed by atoms with Gasteiger partial charge < -0.3 is 9.52 Å². The third-order valence-corrected chi connectivity index (χ3v) is 4.96. The van der Waals surface area contributed by atoms with Crippen LogP contribution in [-0.4, -0.2) is 41.0 Å². The number of carbonyl (C=O) groups is 2. The molecule has 0 saturated heterocycles. The Hall–Kier alpha value is -2.64. The van der Waals surface area contributed by atoms with Crippen molar-refractivity contribution < 1.29 is 27.5 Å². The molecule has 3 rings (SSSR count). The number of nitrogens with one attached hydrogen (secondary N) is 1. The van der Waals surface area contributed by atoms with Crippen molar-refractivity contribution in [2.45, 2.75) is 12.1 Å². The van der Waals surface area contributed by atoms with Crippen LogP contribution in [0.3, 0.4) is 0 Å². The Kier molecular flexibility index (Phi) is 6.64. The first-order valence-corrected chi connectivity index (χ1v) is 10.7. The standard InChI is InChI=1S/C13H8BrN3O5S2.C2H4O2/c1-24(20,21)13-16-12(23-17-13)15-11(19)10-5-8(18)7-3-2-6(14)4-9(7)22-10;1-2(3)4/h2-5H,1H3,(H,15,16,17,19);1H3,(H,3,4). The number of carbonyl (C=O) groups excluding carboxylic acids is 1. The second-order valence-corrected chi connectivity index (χ2v) is 8.82. The van der Waals surface area contributed by atoms with Crippen LogP contribution in [0.5, 0.6) is 0 Å². The van der Waals surface area contributed by atoms with E-state index in [1.165, 1.54) is 0 Å². The first-order chi connectivity index (χ1) is 13.0. The molecule has 2 N–H and O–H groups in total. The number of carboxylic acids is 1. The highest BCUT2D eigenvalue weighted by Crippen LogP contribution is 2.20. The van der Waals surface area contributed by atoms with Crippen LogP contribution in [-0.2, 0) is 14.6 Å². The van der Waals surface area contributed by atoms with E-state index in [1.807, 2.05) is 0 Å². The first kappa shape index (κ1) is 21.7. The number of sulfone groups is 1. The van der Waals surface area contributed by atoms with E-state index in [2.05, 4.69) is 30.6 Å². The molecule has 3 aromatic rings. The minimum Gasteiger partial charge on any atom is -0.481 e. The lowest BCUT2D eigenvalue weighted by Crippen LogP contribution is -2.15. The van der Waals surface area contributed by atoms with Crippen molar-refractivity contribution in [1.29, 1.82) is 0 Å². The summed E-state index contributed by atoms with van der Waals surface area (Å²) in [5.41, 5.74) is -0.126. The Labute approximate surface area is 170 Å². The summed E-state index contributed by atoms with van der Waals surface area (Å²) in [5.74, 6) is -1.79. The largest absolute Gasteiger partial charge is 0.481 e. The number of hydrogen-bond donors (Lipinski definition) is 2. The summed E-state index contributed by atoms with van der Waals surface area (Å²) in [6, 6.07) is 5.90. The normalized spacial score (nSPS) is 10.8. The van der Waals surface area contributed by atoms with Crippen molar-refractivity contribution in [2.75, 3.05) is 11.6 Å². The van der Waals surface area contributed by atoms with Gasteiger partial charge in [-0.3, -0.25) is 19.7 Å². The predicted molar refractivity (Wildman–Crippen MR) is 104 cm³/mol. The minimum absolute atomic E-state index is 0.0163. The number of carboxylic acid groups (broad SMARTS) is 1. The lowest BCUT2D eigenvalue weighted by Gasteiger charge is -2.03. The molecule has 2 heterocycles. The molecule has 0 aliphatic rings. The van der Waals surface area contributed by atoms with Gasteiger partial charge >= 0.3 is 0 Å². The first-order valence-electron chi connectivity index (χ1n) is 7.25. The Bertz CT molecular complexity index is 1210. The van der Waals surface area contributed by atoms with Gasteiger partial charge in [-0.05, 0) is 18.2 Å². The van der Waals surface area contributed by atoms with E-state index in [9.17, 15) is 18.0 Å². The fourth-order valence-electron chi connectivity index (χ4n) is 1.81. The summed E-state index contributed by atoms with van der Waals surface area (Å²) >= 11 is 3.97. The number of aliphatic carboxylic acids is 1. The molecule has 1 aromatic carbocycles. The third-order valence-electron chi connectivity index (χ3n) is 2.87. The number of fused-ring (bicyclic) bond motifs is 1. The van der Waals surface area contributed by atoms with Crippen LogP contribution in [0.25, 0.3) is 11.0 Å². The van der Waals surface area contributed by atoms with Gasteiger partial charge in [0, 0.05) is 35.3 Å². The number of amides is 1. The Morgan fingerprint density at radius 3 is 2.50 bits per heavy atom. The molecule has 0 fully saturated rings. The number of nitrogens with zero attached hydrogens (tertiary/aromatic N) is 2. The number of hydrogen-bond acceptors (Lipinski definition) is 9. The van der Waals surface area contributed by atoms with Crippen molar-refractivity contribution >= 4 is 65.3 Å². The third kappa shape index (κ3) is 5.68. The van der Waals surface area contributed by atoms with Crippen molar-refractivity contribution in [2.24, 2.45) is 0 Å². The van der Waals surface area contributed by atoms with Crippen molar-refractivity contribution in [3.05, 3.63) is 44.7 Å². The number of rotatable bonds is 3. The molecule has 0 aliphatic heterocycles. The molecule has 10 nitrogen and oxygen atoms in total. The van der Waals surface area contributed by atoms with Gasteiger partial charge in [0.25, 0.3) is 17.0 Å². The highest BCUT2D eigenvalue weighted by atomic mass is 79.9. The van der Waals surface area contributed by atoms with Gasteiger partial charge in [-0.15, -0.1) is 0 Å². The van der Waals surface area contributed by atoms with Crippen LogP contribution in [0.4, 0.5) is 5.13 Å². The molecule has 148 valence electrons. The van der Waals surface area contributed by atoms with Crippen LogP contribution in [0.2, 0.25) is 0 Å².